The molecule has 31 heavy (non-hydrogen) atoms. The summed E-state index contributed by atoms with van der Waals surface area (Å²) in [7, 11) is 1.76. The Morgan fingerprint density at radius 2 is 1.52 bits per heavy atom. The Balaban J connectivity index is 1.72. The summed E-state index contributed by atoms with van der Waals surface area (Å²) in [5.74, 6) is 4.69. The normalized spacial score (nSPS) is 20.3. The van der Waals surface area contributed by atoms with Gasteiger partial charge in [0, 0.05) is 5.56 Å². The molecule has 178 valence electrons. The summed E-state index contributed by atoms with van der Waals surface area (Å²) in [5.41, 5.74) is 3.78. The van der Waals surface area contributed by atoms with E-state index < -0.39 is 0 Å². The van der Waals surface area contributed by atoms with E-state index in [0.717, 1.165) is 48.5 Å². The lowest BCUT2D eigenvalue weighted by atomic mass is 9.84. The van der Waals surface area contributed by atoms with E-state index in [1.165, 1.54) is 68.1 Å². The fourth-order valence-electron chi connectivity index (χ4n) is 5.25. The van der Waals surface area contributed by atoms with Gasteiger partial charge in [0.1, 0.15) is 17.1 Å². The second-order valence-corrected chi connectivity index (χ2v) is 11.2. The third-order valence-electron chi connectivity index (χ3n) is 7.55. The molecule has 1 heterocycles. The standard InChI is InChI=1S/C29H50O2/c1-21(2)12-9-13-22(3)14-10-15-23(4)16-11-18-29(7)19-17-26-25(6)27(30-8)20-24(5)28(26)31-29/h20-23H,9-19H2,1-8H3. The molecule has 0 radical (unpaired) electrons. The molecular weight excluding hydrogens is 380 g/mol. The number of methoxy groups -OCH3 is 1. The number of hydrogen-bond donors (Lipinski definition) is 0. The van der Waals surface area contributed by atoms with Gasteiger partial charge in [-0.25, -0.2) is 0 Å². The van der Waals surface area contributed by atoms with Crippen LogP contribution in [0.1, 0.15) is 116 Å². The van der Waals surface area contributed by atoms with Crippen LogP contribution in [0.5, 0.6) is 11.5 Å². The molecule has 2 nitrogen and oxygen atoms in total. The average Bonchev–Trinajstić information content (AvgIpc) is 2.70. The van der Waals surface area contributed by atoms with Gasteiger partial charge in [0.25, 0.3) is 0 Å². The average molecular weight is 431 g/mol. The number of hydrogen-bond acceptors (Lipinski definition) is 2. The van der Waals surface area contributed by atoms with Crippen molar-refractivity contribution in [2.45, 2.75) is 125 Å². The summed E-state index contributed by atoms with van der Waals surface area (Å²) in [4.78, 5) is 0. The van der Waals surface area contributed by atoms with Crippen LogP contribution in [0.3, 0.4) is 0 Å². The van der Waals surface area contributed by atoms with Gasteiger partial charge in [-0.2, -0.15) is 0 Å². The molecular formula is C29H50O2. The van der Waals surface area contributed by atoms with Crippen molar-refractivity contribution in [3.8, 4) is 11.5 Å². The highest BCUT2D eigenvalue weighted by Gasteiger charge is 2.33. The molecule has 0 saturated carbocycles. The first-order valence-corrected chi connectivity index (χ1v) is 13.0. The Hall–Kier alpha value is -1.18. The molecule has 0 aliphatic carbocycles. The molecule has 0 amide bonds. The molecule has 2 heteroatoms. The van der Waals surface area contributed by atoms with Crippen LogP contribution in [0, 0.1) is 31.6 Å². The second kappa shape index (κ2) is 12.2. The van der Waals surface area contributed by atoms with Crippen LogP contribution in [0.4, 0.5) is 0 Å². The predicted molar refractivity (Wildman–Crippen MR) is 135 cm³/mol. The summed E-state index contributed by atoms with van der Waals surface area (Å²) in [6.45, 7) is 16.2. The number of aryl methyl sites for hydroxylation is 1. The third-order valence-corrected chi connectivity index (χ3v) is 7.55. The van der Waals surface area contributed by atoms with Crippen molar-refractivity contribution in [1.29, 1.82) is 0 Å². The maximum Gasteiger partial charge on any atom is 0.126 e. The molecule has 0 N–H and O–H groups in total. The maximum absolute atomic E-state index is 6.62. The van der Waals surface area contributed by atoms with E-state index in [0.29, 0.717) is 0 Å². The number of benzene rings is 1. The molecule has 1 aliphatic heterocycles. The molecule has 3 unspecified atom stereocenters. The van der Waals surface area contributed by atoms with Crippen molar-refractivity contribution in [2.75, 3.05) is 7.11 Å². The minimum Gasteiger partial charge on any atom is -0.496 e. The van der Waals surface area contributed by atoms with Crippen LogP contribution < -0.4 is 9.47 Å². The van der Waals surface area contributed by atoms with E-state index in [9.17, 15) is 0 Å². The molecule has 0 spiro atoms. The van der Waals surface area contributed by atoms with E-state index in [1.54, 1.807) is 7.11 Å². The molecule has 0 bridgehead atoms. The van der Waals surface area contributed by atoms with Crippen LogP contribution in [0.25, 0.3) is 0 Å². The number of fused-ring (bicyclic) bond motifs is 1. The van der Waals surface area contributed by atoms with E-state index >= 15 is 0 Å². The first kappa shape index (κ1) is 26.1. The van der Waals surface area contributed by atoms with Crippen molar-refractivity contribution in [2.24, 2.45) is 17.8 Å². The zero-order valence-electron chi connectivity index (χ0n) is 21.9. The topological polar surface area (TPSA) is 18.5 Å². The highest BCUT2D eigenvalue weighted by atomic mass is 16.5. The SMILES string of the molecule is COc1cc(C)c2c(c1C)CCC(C)(CCCC(C)CCCC(C)CCCC(C)C)O2. The summed E-state index contributed by atoms with van der Waals surface area (Å²) >= 11 is 0. The second-order valence-electron chi connectivity index (χ2n) is 11.2. The van der Waals surface area contributed by atoms with E-state index in [4.69, 9.17) is 9.47 Å². The Morgan fingerprint density at radius 3 is 2.10 bits per heavy atom. The van der Waals surface area contributed by atoms with Gasteiger partial charge < -0.3 is 9.47 Å². The van der Waals surface area contributed by atoms with E-state index in [1.807, 2.05) is 0 Å². The van der Waals surface area contributed by atoms with Crippen molar-refractivity contribution in [1.82, 2.24) is 0 Å². The van der Waals surface area contributed by atoms with Gasteiger partial charge >= 0.3 is 0 Å². The van der Waals surface area contributed by atoms with Gasteiger partial charge in [-0.1, -0.05) is 72.6 Å². The fraction of sp³-hybridized carbons (Fsp3) is 0.793. The monoisotopic (exact) mass is 430 g/mol. The molecule has 0 aromatic heterocycles. The Labute approximate surface area is 193 Å². The van der Waals surface area contributed by atoms with Gasteiger partial charge in [-0.3, -0.25) is 0 Å². The molecule has 2 rings (SSSR count). The minimum absolute atomic E-state index is 0.0244. The highest BCUT2D eigenvalue weighted by molar-refractivity contribution is 5.54. The third kappa shape index (κ3) is 8.03. The number of ether oxygens (including phenoxy) is 2. The zero-order chi connectivity index (χ0) is 23.0. The van der Waals surface area contributed by atoms with Gasteiger partial charge in [-0.15, -0.1) is 0 Å². The lowest BCUT2D eigenvalue weighted by Crippen LogP contribution is -2.37. The first-order chi connectivity index (χ1) is 14.6. The lowest BCUT2D eigenvalue weighted by Gasteiger charge is -2.38. The van der Waals surface area contributed by atoms with Crippen LogP contribution in [-0.2, 0) is 6.42 Å². The van der Waals surface area contributed by atoms with Crippen molar-refractivity contribution >= 4 is 0 Å². The summed E-state index contributed by atoms with van der Waals surface area (Å²) in [6.07, 6.45) is 14.3. The Morgan fingerprint density at radius 1 is 0.935 bits per heavy atom. The van der Waals surface area contributed by atoms with Gasteiger partial charge in [0.05, 0.1) is 7.11 Å². The minimum atomic E-state index is -0.0244. The molecule has 0 fully saturated rings. The first-order valence-electron chi connectivity index (χ1n) is 13.0. The zero-order valence-corrected chi connectivity index (χ0v) is 21.9. The highest BCUT2D eigenvalue weighted by Crippen LogP contribution is 2.42. The number of rotatable bonds is 13. The maximum atomic E-state index is 6.62. The van der Waals surface area contributed by atoms with Crippen molar-refractivity contribution in [3.05, 3.63) is 22.8 Å². The molecule has 1 aliphatic rings. The summed E-state index contributed by atoms with van der Waals surface area (Å²) in [5, 5.41) is 0. The molecule has 1 aromatic carbocycles. The predicted octanol–water partition coefficient (Wildman–Crippen LogP) is 8.83. The van der Waals surface area contributed by atoms with E-state index in [-0.39, 0.29) is 5.60 Å². The quantitative estimate of drug-likeness (QED) is 0.311. The molecule has 1 aromatic rings. The summed E-state index contributed by atoms with van der Waals surface area (Å²) < 4.78 is 12.2. The fourth-order valence-corrected chi connectivity index (χ4v) is 5.25. The van der Waals surface area contributed by atoms with Crippen molar-refractivity contribution < 1.29 is 9.47 Å². The van der Waals surface area contributed by atoms with Gasteiger partial charge in [0.2, 0.25) is 0 Å². The Kier molecular flexibility index (Phi) is 10.2. The van der Waals surface area contributed by atoms with Gasteiger partial charge in [0.15, 0.2) is 0 Å². The van der Waals surface area contributed by atoms with Crippen LogP contribution in [0.15, 0.2) is 6.07 Å². The van der Waals surface area contributed by atoms with Crippen LogP contribution in [-0.4, -0.2) is 12.7 Å². The van der Waals surface area contributed by atoms with Crippen LogP contribution >= 0.6 is 0 Å². The van der Waals surface area contributed by atoms with Crippen LogP contribution in [0.2, 0.25) is 0 Å². The molecule has 0 saturated heterocycles. The lowest BCUT2D eigenvalue weighted by molar-refractivity contribution is 0.0512. The summed E-state index contributed by atoms with van der Waals surface area (Å²) in [6, 6.07) is 2.13. The largest absolute Gasteiger partial charge is 0.496 e. The Bertz CT molecular complexity index is 678. The smallest absolute Gasteiger partial charge is 0.126 e. The van der Waals surface area contributed by atoms with Gasteiger partial charge in [-0.05, 0) is 81.4 Å². The van der Waals surface area contributed by atoms with E-state index in [2.05, 4.69) is 54.5 Å². The van der Waals surface area contributed by atoms with Crippen molar-refractivity contribution in [3.63, 3.8) is 0 Å². The molecule has 3 atom stereocenters.